The normalized spacial score (nSPS) is 9.75. The van der Waals surface area contributed by atoms with Crippen LogP contribution in [0.4, 0.5) is 0 Å². The lowest BCUT2D eigenvalue weighted by atomic mass is 10.4. The molecule has 0 aliphatic heterocycles. The van der Waals surface area contributed by atoms with Crippen LogP contribution in [0.1, 0.15) is 6.92 Å². The number of nitrogens with zero attached hydrogens (tertiary/aromatic N) is 2. The first-order chi connectivity index (χ1) is 5.61. The van der Waals surface area contributed by atoms with E-state index in [0.29, 0.717) is 0 Å². The number of aromatic amines is 1. The van der Waals surface area contributed by atoms with Crippen LogP contribution in [0.5, 0.6) is 0 Å². The zero-order valence-corrected chi connectivity index (χ0v) is 6.33. The Morgan fingerprint density at radius 2 is 2.33 bits per heavy atom. The summed E-state index contributed by atoms with van der Waals surface area (Å²) in [4.78, 5) is 32.1. The molecule has 0 fully saturated rings. The Morgan fingerprint density at radius 1 is 1.67 bits per heavy atom. The van der Waals surface area contributed by atoms with E-state index in [4.69, 9.17) is 0 Å². The quantitative estimate of drug-likeness (QED) is 0.534. The molecule has 63 valence electrons. The maximum absolute atomic E-state index is 10.9. The molecular formula is C6H6N3O3. The Hall–Kier alpha value is -1.72. The second-order valence-corrected chi connectivity index (χ2v) is 2.25. The van der Waals surface area contributed by atoms with E-state index in [1.807, 2.05) is 5.10 Å². The summed E-state index contributed by atoms with van der Waals surface area (Å²) in [5.74, 6) is -0.235. The van der Waals surface area contributed by atoms with Gasteiger partial charge >= 0.3 is 11.1 Å². The second-order valence-electron chi connectivity index (χ2n) is 2.25. The maximum atomic E-state index is 10.9. The van der Waals surface area contributed by atoms with Gasteiger partial charge in [0.25, 0.3) is 0 Å². The number of hydrogen-bond donors (Lipinski definition) is 1. The first-order valence-electron chi connectivity index (χ1n) is 3.18. The molecule has 1 rings (SSSR count). The van der Waals surface area contributed by atoms with E-state index >= 15 is 0 Å². The summed E-state index contributed by atoms with van der Waals surface area (Å²) in [6.45, 7) is 1.14. The van der Waals surface area contributed by atoms with Crippen LogP contribution >= 0.6 is 0 Å². The lowest BCUT2D eigenvalue weighted by Gasteiger charge is -1.96. The lowest BCUT2D eigenvalue weighted by molar-refractivity contribution is -0.117. The van der Waals surface area contributed by atoms with E-state index in [9.17, 15) is 14.4 Å². The molecule has 0 saturated carbocycles. The molecule has 1 radical (unpaired) electrons. The lowest BCUT2D eigenvalue weighted by Crippen LogP contribution is -2.38. The summed E-state index contributed by atoms with van der Waals surface area (Å²) in [5.41, 5.74) is -1.67. The molecule has 1 aromatic rings. The molecule has 0 aromatic carbocycles. The van der Waals surface area contributed by atoms with Crippen molar-refractivity contribution in [2.24, 2.45) is 0 Å². The summed E-state index contributed by atoms with van der Waals surface area (Å²) in [6.07, 6.45) is 2.19. The van der Waals surface area contributed by atoms with Crippen molar-refractivity contribution < 1.29 is 4.79 Å². The van der Waals surface area contributed by atoms with Gasteiger partial charge in [0.15, 0.2) is 0 Å². The summed E-state index contributed by atoms with van der Waals surface area (Å²) >= 11 is 0. The van der Waals surface area contributed by atoms with Crippen molar-refractivity contribution in [3.63, 3.8) is 0 Å². The summed E-state index contributed by atoms with van der Waals surface area (Å²) in [5, 5.41) is 5.15. The molecule has 6 heteroatoms. The maximum Gasteiger partial charge on any atom is 0.330 e. The number of Topliss-reactive ketones (excluding diaryl/α,β-unsaturated/α-hetero) is 1. The molecule has 1 heterocycles. The monoisotopic (exact) mass is 168 g/mol. The van der Waals surface area contributed by atoms with Crippen LogP contribution in [-0.2, 0) is 11.3 Å². The predicted octanol–water partition coefficient (Wildman–Crippen LogP) is -1.68. The van der Waals surface area contributed by atoms with Crippen molar-refractivity contribution in [3.05, 3.63) is 27.0 Å². The number of H-pyrrole nitrogens is 1. The highest BCUT2D eigenvalue weighted by molar-refractivity contribution is 5.75. The highest BCUT2D eigenvalue weighted by Gasteiger charge is 2.02. The molecule has 0 bridgehead atoms. The van der Waals surface area contributed by atoms with Crippen molar-refractivity contribution in [1.82, 2.24) is 14.8 Å². The van der Waals surface area contributed by atoms with Crippen molar-refractivity contribution in [2.75, 3.05) is 0 Å². The van der Waals surface area contributed by atoms with Gasteiger partial charge in [0, 0.05) is 0 Å². The first kappa shape index (κ1) is 8.38. The van der Waals surface area contributed by atoms with Gasteiger partial charge in [0.2, 0.25) is 6.33 Å². The Morgan fingerprint density at radius 3 is 2.92 bits per heavy atom. The van der Waals surface area contributed by atoms with Gasteiger partial charge < -0.3 is 0 Å². The van der Waals surface area contributed by atoms with Crippen LogP contribution in [0.15, 0.2) is 9.59 Å². The average Bonchev–Trinajstić information content (AvgIpc) is 1.98. The SMILES string of the molecule is CC(=O)Cn1[c]n[nH]c(=O)c1=O. The van der Waals surface area contributed by atoms with E-state index < -0.39 is 11.1 Å². The van der Waals surface area contributed by atoms with E-state index in [2.05, 4.69) is 11.4 Å². The molecule has 0 amide bonds. The minimum Gasteiger partial charge on any atom is -0.298 e. The number of nitrogens with one attached hydrogen (secondary N) is 1. The zero-order valence-electron chi connectivity index (χ0n) is 6.33. The molecule has 6 nitrogen and oxygen atoms in total. The van der Waals surface area contributed by atoms with E-state index in [1.165, 1.54) is 6.92 Å². The molecule has 12 heavy (non-hydrogen) atoms. The fourth-order valence-corrected chi connectivity index (χ4v) is 0.682. The predicted molar refractivity (Wildman–Crippen MR) is 38.6 cm³/mol. The van der Waals surface area contributed by atoms with Gasteiger partial charge in [0.1, 0.15) is 5.78 Å². The van der Waals surface area contributed by atoms with Crippen LogP contribution in [0, 0.1) is 6.33 Å². The van der Waals surface area contributed by atoms with Crippen LogP contribution < -0.4 is 11.1 Å². The van der Waals surface area contributed by atoms with Crippen molar-refractivity contribution >= 4 is 5.78 Å². The fraction of sp³-hybridized carbons (Fsp3) is 0.333. The minimum atomic E-state index is -0.852. The number of aromatic nitrogens is 3. The minimum absolute atomic E-state index is 0.171. The number of hydrogen-bond acceptors (Lipinski definition) is 4. The smallest absolute Gasteiger partial charge is 0.298 e. The van der Waals surface area contributed by atoms with Crippen molar-refractivity contribution in [3.8, 4) is 0 Å². The van der Waals surface area contributed by atoms with E-state index in [1.54, 1.807) is 0 Å². The molecule has 0 saturated heterocycles. The molecule has 0 spiro atoms. The Balaban J connectivity index is 3.18. The molecule has 0 aliphatic carbocycles. The Kier molecular flexibility index (Phi) is 2.18. The number of rotatable bonds is 2. The Labute approximate surface area is 66.8 Å². The fourth-order valence-electron chi connectivity index (χ4n) is 0.682. The van der Waals surface area contributed by atoms with Gasteiger partial charge in [-0.25, -0.2) is 5.10 Å². The van der Waals surface area contributed by atoms with Gasteiger partial charge in [-0.05, 0) is 6.92 Å². The highest BCUT2D eigenvalue weighted by Crippen LogP contribution is 1.74. The van der Waals surface area contributed by atoms with Crippen LogP contribution in [0.3, 0.4) is 0 Å². The second kappa shape index (κ2) is 3.12. The topological polar surface area (TPSA) is 84.8 Å². The first-order valence-corrected chi connectivity index (χ1v) is 3.18. The van der Waals surface area contributed by atoms with Crippen LogP contribution in [0.25, 0.3) is 0 Å². The van der Waals surface area contributed by atoms with Crippen molar-refractivity contribution in [2.45, 2.75) is 13.5 Å². The molecular weight excluding hydrogens is 162 g/mol. The number of carbonyl (C=O) groups is 1. The van der Waals surface area contributed by atoms with E-state index in [-0.39, 0.29) is 12.3 Å². The molecule has 0 unspecified atom stereocenters. The Bertz CT molecular complexity index is 403. The van der Waals surface area contributed by atoms with E-state index in [0.717, 1.165) is 4.57 Å². The number of ketones is 1. The van der Waals surface area contributed by atoms with Gasteiger partial charge in [-0.15, -0.1) is 0 Å². The molecule has 1 aromatic heterocycles. The molecule has 1 N–H and O–H groups in total. The number of carbonyl (C=O) groups excluding carboxylic acids is 1. The third kappa shape index (κ3) is 1.66. The van der Waals surface area contributed by atoms with Crippen LogP contribution in [-0.4, -0.2) is 20.5 Å². The third-order valence-electron chi connectivity index (χ3n) is 1.15. The largest absolute Gasteiger partial charge is 0.330 e. The highest BCUT2D eigenvalue weighted by atomic mass is 16.2. The van der Waals surface area contributed by atoms with Gasteiger partial charge in [0.05, 0.1) is 6.54 Å². The van der Waals surface area contributed by atoms with Crippen LogP contribution in [0.2, 0.25) is 0 Å². The zero-order chi connectivity index (χ0) is 9.14. The van der Waals surface area contributed by atoms with Gasteiger partial charge in [-0.3, -0.25) is 19.0 Å². The molecule has 0 aliphatic rings. The standard InChI is InChI=1S/C6H6N3O3/c1-4(10)2-9-3-7-8-5(11)6(9)12/h2H2,1H3,(H,8,11). The average molecular weight is 168 g/mol. The summed E-state index contributed by atoms with van der Waals surface area (Å²) < 4.78 is 0.834. The van der Waals surface area contributed by atoms with Gasteiger partial charge in [-0.1, -0.05) is 0 Å². The molecule has 0 atom stereocenters. The van der Waals surface area contributed by atoms with Crippen molar-refractivity contribution in [1.29, 1.82) is 0 Å². The summed E-state index contributed by atoms with van der Waals surface area (Å²) in [7, 11) is 0. The van der Waals surface area contributed by atoms with Gasteiger partial charge in [-0.2, -0.15) is 5.10 Å². The summed E-state index contributed by atoms with van der Waals surface area (Å²) in [6, 6.07) is 0. The third-order valence-corrected chi connectivity index (χ3v) is 1.15.